The Morgan fingerprint density at radius 3 is 0.608 bits per heavy atom. The van der Waals surface area contributed by atoms with Crippen molar-refractivity contribution in [3.8, 4) is 199 Å². The van der Waals surface area contributed by atoms with Crippen molar-refractivity contribution in [2.75, 3.05) is 0 Å². The van der Waals surface area contributed by atoms with Gasteiger partial charge in [0, 0.05) is 122 Å². The highest BCUT2D eigenvalue weighted by atomic mass is 15.1. The second-order valence-corrected chi connectivity index (χ2v) is 31.3. The molecule has 0 saturated heterocycles. The van der Waals surface area contributed by atoms with Gasteiger partial charge in [-0.3, -0.25) is 4.98 Å². The quantitative estimate of drug-likeness (QED) is 0.0775. The molecule has 8 heterocycles. The Balaban J connectivity index is 0.778. The zero-order valence-corrected chi connectivity index (χ0v) is 69.2. The predicted molar refractivity (Wildman–Crippen MR) is 512 cm³/mol. The van der Waals surface area contributed by atoms with Crippen molar-refractivity contribution >= 4 is 43.6 Å². The first-order chi connectivity index (χ1) is 64.3. The number of hydrogen-bond acceptors (Lipinski definition) is 17. The molecule has 0 radical (unpaired) electrons. The highest BCUT2D eigenvalue weighted by Gasteiger charge is 2.28. The van der Waals surface area contributed by atoms with Gasteiger partial charge < -0.3 is 9.13 Å². The zero-order valence-electron chi connectivity index (χ0n) is 69.2. The molecule has 0 amide bonds. The first-order valence-electron chi connectivity index (χ1n) is 42.4. The minimum absolute atomic E-state index is 0.299. The average molecular weight is 1670 g/mol. The number of benzene rings is 15. The summed E-state index contributed by atoms with van der Waals surface area (Å²) in [6, 6.07) is 134. The van der Waals surface area contributed by atoms with Crippen molar-refractivity contribution in [1.82, 2.24) is 88.9 Å². The van der Waals surface area contributed by atoms with E-state index in [0.717, 1.165) is 110 Å². The first-order valence-corrected chi connectivity index (χ1v) is 42.4. The summed E-state index contributed by atoms with van der Waals surface area (Å²) in [4.78, 5) is 83.6. The molecule has 19 nitrogen and oxygen atoms in total. The molecular formula is C111H67N19. The van der Waals surface area contributed by atoms with Crippen LogP contribution in [-0.4, -0.2) is 88.9 Å². The van der Waals surface area contributed by atoms with Crippen LogP contribution in [-0.2, 0) is 0 Å². The van der Waals surface area contributed by atoms with Crippen LogP contribution in [0.1, 0.15) is 5.56 Å². The Labute approximate surface area is 744 Å². The summed E-state index contributed by atoms with van der Waals surface area (Å²) in [5.41, 5.74) is 17.7. The fourth-order valence-electron chi connectivity index (χ4n) is 16.8. The molecule has 0 unspecified atom stereocenters. The summed E-state index contributed by atoms with van der Waals surface area (Å²) >= 11 is 0. The van der Waals surface area contributed by atoms with Gasteiger partial charge in [0.25, 0.3) is 0 Å². The molecule has 0 spiro atoms. The van der Waals surface area contributed by atoms with E-state index in [1.165, 1.54) is 0 Å². The summed E-state index contributed by atoms with van der Waals surface area (Å²) in [6.45, 7) is 0. The molecule has 0 N–H and O–H groups in total. The molecular weight excluding hydrogens is 1600 g/mol. The number of fused-ring (bicyclic) bond motifs is 6. The lowest BCUT2D eigenvalue weighted by Gasteiger charge is -2.19. The zero-order chi connectivity index (χ0) is 86.4. The van der Waals surface area contributed by atoms with Gasteiger partial charge in [0.1, 0.15) is 6.07 Å². The van der Waals surface area contributed by atoms with Gasteiger partial charge in [0.2, 0.25) is 0 Å². The number of nitrogens with zero attached hydrogens (tertiary/aromatic N) is 19. The molecule has 23 aromatic rings. The molecule has 0 saturated carbocycles. The van der Waals surface area contributed by atoms with Crippen LogP contribution in [0.25, 0.3) is 237 Å². The van der Waals surface area contributed by atoms with Crippen LogP contribution in [0.2, 0.25) is 0 Å². The number of nitriles is 1. The maximum Gasteiger partial charge on any atom is 0.164 e. The Morgan fingerprint density at radius 1 is 0.177 bits per heavy atom. The van der Waals surface area contributed by atoms with E-state index in [4.69, 9.17) is 79.7 Å². The van der Waals surface area contributed by atoms with Crippen molar-refractivity contribution < 1.29 is 0 Å². The monoisotopic (exact) mass is 1670 g/mol. The summed E-state index contributed by atoms with van der Waals surface area (Å²) < 4.78 is 4.41. The fraction of sp³-hybridized carbons (Fsp3) is 0. The van der Waals surface area contributed by atoms with Crippen LogP contribution in [0, 0.1) is 11.3 Å². The van der Waals surface area contributed by atoms with E-state index >= 15 is 0 Å². The number of rotatable bonds is 18. The third-order valence-electron chi connectivity index (χ3n) is 23.1. The molecule has 0 atom stereocenters. The van der Waals surface area contributed by atoms with Crippen molar-refractivity contribution in [2.45, 2.75) is 0 Å². The Bertz CT molecular complexity index is 7660. The Kier molecular flexibility index (Phi) is 19.4. The second kappa shape index (κ2) is 33.0. The van der Waals surface area contributed by atoms with Gasteiger partial charge >= 0.3 is 0 Å². The van der Waals surface area contributed by atoms with E-state index in [-0.39, 0.29) is 0 Å². The molecule has 0 aliphatic carbocycles. The lowest BCUT2D eigenvalue weighted by molar-refractivity contribution is 1.07. The molecule has 15 aromatic carbocycles. The molecule has 0 bridgehead atoms. The molecule has 0 aliphatic heterocycles. The molecule has 23 rings (SSSR count). The van der Waals surface area contributed by atoms with E-state index < -0.39 is 0 Å². The van der Waals surface area contributed by atoms with Gasteiger partial charge in [0.15, 0.2) is 87.4 Å². The molecule has 8 aromatic heterocycles. The van der Waals surface area contributed by atoms with Crippen molar-refractivity contribution in [3.63, 3.8) is 0 Å². The Morgan fingerprint density at radius 2 is 0.385 bits per heavy atom. The number of hydrogen-bond donors (Lipinski definition) is 0. The van der Waals surface area contributed by atoms with Crippen LogP contribution in [0.5, 0.6) is 0 Å². The molecule has 0 aliphatic rings. The van der Waals surface area contributed by atoms with Crippen LogP contribution in [0.4, 0.5) is 0 Å². The van der Waals surface area contributed by atoms with Crippen LogP contribution < -0.4 is 0 Å². The average Bonchev–Trinajstić information content (AvgIpc) is 1.56. The van der Waals surface area contributed by atoms with Gasteiger partial charge in [-0.15, -0.1) is 0 Å². The summed E-state index contributed by atoms with van der Waals surface area (Å²) in [7, 11) is 0. The van der Waals surface area contributed by atoms with E-state index in [1.54, 1.807) is 0 Å². The van der Waals surface area contributed by atoms with Crippen molar-refractivity contribution in [2.24, 2.45) is 0 Å². The summed E-state index contributed by atoms with van der Waals surface area (Å²) in [6.07, 6.45) is 3.73. The molecule has 606 valence electrons. The maximum atomic E-state index is 12.5. The van der Waals surface area contributed by atoms with Crippen LogP contribution in [0.15, 0.2) is 407 Å². The topological polar surface area (TPSA) is 240 Å². The molecule has 19 heteroatoms. The number of pyridine rings is 1. The van der Waals surface area contributed by atoms with E-state index in [2.05, 4.69) is 88.0 Å². The SMILES string of the molecule is N#Cc1cc(-c2nc(-c3ccccc3)nc(-c3ccccc3)n2)cc(-c2cncc(-n3c4ccc(-c5nc(-c6ccccc6)nc(-c6ccccc6)n5)cc4c4cc(-c5nc(-c6ccccc6)nc(-c6ccccc6)n5)ccc43)c2)c1-n1c2ccc(-c3nc(-c4ccccc4)nc(-c4ccccc4)n3)cc2c2cc(-c3nc(-c4ccccc4)nc(-c4ccccc4)n3)ccc21. The minimum atomic E-state index is 0.299. The van der Waals surface area contributed by atoms with Gasteiger partial charge in [0.05, 0.1) is 45.2 Å². The van der Waals surface area contributed by atoms with Crippen LogP contribution in [0.3, 0.4) is 0 Å². The van der Waals surface area contributed by atoms with Crippen LogP contribution >= 0.6 is 0 Å². The van der Waals surface area contributed by atoms with Gasteiger partial charge in [-0.05, 0) is 91.0 Å². The summed E-state index contributed by atoms with van der Waals surface area (Å²) in [5, 5.41) is 15.8. The normalized spacial score (nSPS) is 11.4. The molecule has 130 heavy (non-hydrogen) atoms. The second-order valence-electron chi connectivity index (χ2n) is 31.3. The van der Waals surface area contributed by atoms with Gasteiger partial charge in [-0.1, -0.05) is 303 Å². The van der Waals surface area contributed by atoms with E-state index in [1.807, 2.05) is 334 Å². The Hall–Kier alpha value is -18.4. The lowest BCUT2D eigenvalue weighted by atomic mass is 9.96. The molecule has 0 fully saturated rings. The van der Waals surface area contributed by atoms with E-state index in [0.29, 0.717) is 132 Å². The highest BCUT2D eigenvalue weighted by molar-refractivity contribution is 6.14. The summed E-state index contributed by atoms with van der Waals surface area (Å²) in [5.74, 6) is 7.27. The number of aromatic nitrogens is 18. The smallest absolute Gasteiger partial charge is 0.164 e. The van der Waals surface area contributed by atoms with Crippen molar-refractivity contribution in [1.29, 1.82) is 5.26 Å². The van der Waals surface area contributed by atoms with E-state index in [9.17, 15) is 5.26 Å². The van der Waals surface area contributed by atoms with Gasteiger partial charge in [-0.25, -0.2) is 74.8 Å². The first kappa shape index (κ1) is 76.5. The minimum Gasteiger partial charge on any atom is -0.308 e. The van der Waals surface area contributed by atoms with Crippen molar-refractivity contribution in [3.05, 3.63) is 412 Å². The highest BCUT2D eigenvalue weighted by Crippen LogP contribution is 2.46. The maximum absolute atomic E-state index is 12.5. The standard InChI is InChI=1S/C111H67N19/c112-66-84-59-83(111-127-105(77-47-27-9-28-48-77)118-106(128-111)78-49-29-10-30-50-78)65-87(96(84)130-94-57-53-81(109-123-101(73-39-19-5-20-40-73)116-102(124-109)74-41-21-6-22-42-74)63-90(94)91-64-82(54-58-95(91)130)110-125-103(75-43-23-7-24-44-75)117-104(126-110)76-45-25-8-26-46-76)85-60-86(68-113-67-85)129-92-55-51-79(107-119-97(69-31-11-1-12-32-69)114-98(120-107)70-33-13-2-14-34-70)61-88(92)89-62-80(52-56-93(89)129)108-121-99(71-35-15-3-16-36-71)115-100(122-108)72-37-17-4-18-38-72/h1-65,67-68H. The third kappa shape index (κ3) is 14.6. The predicted octanol–water partition coefficient (Wildman–Crippen LogP) is 24.7. The third-order valence-corrected chi connectivity index (χ3v) is 23.1. The van der Waals surface area contributed by atoms with Gasteiger partial charge in [-0.2, -0.15) is 5.26 Å². The fourth-order valence-corrected chi connectivity index (χ4v) is 16.8. The lowest BCUT2D eigenvalue weighted by Crippen LogP contribution is -2.05. The largest absolute Gasteiger partial charge is 0.308 e.